The lowest BCUT2D eigenvalue weighted by atomic mass is 10.0. The molecule has 2 amide bonds. The molecule has 120 valence electrons. The van der Waals surface area contributed by atoms with Crippen LogP contribution in [0.25, 0.3) is 0 Å². The van der Waals surface area contributed by atoms with Crippen LogP contribution in [0.1, 0.15) is 33.6 Å². The number of amides is 2. The highest BCUT2D eigenvalue weighted by molar-refractivity contribution is 6.02. The van der Waals surface area contributed by atoms with Crippen LogP contribution < -0.4 is 10.2 Å². The number of nitrogens with one attached hydrogen (secondary N) is 1. The molecule has 1 aromatic carbocycles. The summed E-state index contributed by atoms with van der Waals surface area (Å²) < 4.78 is 0. The highest BCUT2D eigenvalue weighted by Gasteiger charge is 2.38. The van der Waals surface area contributed by atoms with Crippen LogP contribution in [0.4, 0.5) is 5.69 Å². The average Bonchev–Trinajstić information content (AvgIpc) is 2.74. The van der Waals surface area contributed by atoms with E-state index in [-0.39, 0.29) is 30.2 Å². The van der Waals surface area contributed by atoms with Crippen LogP contribution in [0.3, 0.4) is 0 Å². The van der Waals surface area contributed by atoms with E-state index < -0.39 is 12.1 Å². The summed E-state index contributed by atoms with van der Waals surface area (Å²) in [5.41, 5.74) is 0.846. The minimum absolute atomic E-state index is 0.0183. The van der Waals surface area contributed by atoms with Gasteiger partial charge in [0.1, 0.15) is 6.04 Å². The van der Waals surface area contributed by atoms with E-state index in [9.17, 15) is 14.7 Å². The van der Waals surface area contributed by atoms with Crippen molar-refractivity contribution in [3.05, 3.63) is 30.3 Å². The molecule has 1 aromatic rings. The lowest BCUT2D eigenvalue weighted by molar-refractivity contribution is -0.128. The molecule has 0 saturated carbocycles. The second-order valence-electron chi connectivity index (χ2n) is 6.26. The number of hydrogen-bond donors (Lipinski definition) is 2. The van der Waals surface area contributed by atoms with E-state index in [1.807, 2.05) is 51.1 Å². The van der Waals surface area contributed by atoms with Crippen molar-refractivity contribution in [2.24, 2.45) is 5.92 Å². The highest BCUT2D eigenvalue weighted by atomic mass is 16.3. The Labute approximate surface area is 131 Å². The molecule has 0 bridgehead atoms. The summed E-state index contributed by atoms with van der Waals surface area (Å²) in [5.74, 6) is -0.350. The summed E-state index contributed by atoms with van der Waals surface area (Å²) >= 11 is 0. The molecule has 0 spiro atoms. The molecule has 1 heterocycles. The molecule has 1 aliphatic rings. The van der Waals surface area contributed by atoms with Gasteiger partial charge in [-0.05, 0) is 31.4 Å². The highest BCUT2D eigenvalue weighted by Crippen LogP contribution is 2.26. The number of para-hydroxylation sites is 1. The van der Waals surface area contributed by atoms with Crippen LogP contribution in [0.15, 0.2) is 30.3 Å². The molecule has 2 rings (SSSR count). The number of aliphatic hydroxyl groups excluding tert-OH is 1. The summed E-state index contributed by atoms with van der Waals surface area (Å²) in [6.45, 7) is 5.69. The third-order valence-corrected chi connectivity index (χ3v) is 4.09. The maximum atomic E-state index is 12.5. The van der Waals surface area contributed by atoms with E-state index in [1.54, 1.807) is 4.90 Å². The predicted molar refractivity (Wildman–Crippen MR) is 85.4 cm³/mol. The fourth-order valence-corrected chi connectivity index (χ4v) is 2.70. The molecule has 0 aromatic heterocycles. The summed E-state index contributed by atoms with van der Waals surface area (Å²) in [4.78, 5) is 26.2. The van der Waals surface area contributed by atoms with Crippen LogP contribution in [0, 0.1) is 5.92 Å². The molecule has 5 nitrogen and oxygen atoms in total. The number of aliphatic hydroxyl groups is 1. The first-order valence-electron chi connectivity index (χ1n) is 7.75. The molecule has 22 heavy (non-hydrogen) atoms. The fourth-order valence-electron chi connectivity index (χ4n) is 2.70. The Hall–Kier alpha value is -1.88. The van der Waals surface area contributed by atoms with Gasteiger partial charge in [-0.2, -0.15) is 0 Å². The molecule has 2 N–H and O–H groups in total. The fraction of sp³-hybridized carbons (Fsp3) is 0.529. The van der Waals surface area contributed by atoms with Gasteiger partial charge in [0.25, 0.3) is 0 Å². The first-order valence-corrected chi connectivity index (χ1v) is 7.75. The zero-order chi connectivity index (χ0) is 16.3. The first-order chi connectivity index (χ1) is 10.4. The Kier molecular flexibility index (Phi) is 5.19. The number of nitrogens with zero attached hydrogens (tertiary/aromatic N) is 1. The number of anilines is 1. The maximum absolute atomic E-state index is 12.5. The van der Waals surface area contributed by atoms with Gasteiger partial charge in [-0.25, -0.2) is 0 Å². The van der Waals surface area contributed by atoms with Gasteiger partial charge in [0, 0.05) is 11.7 Å². The Bertz CT molecular complexity index is 530. The van der Waals surface area contributed by atoms with Gasteiger partial charge in [0.05, 0.1) is 12.5 Å². The third kappa shape index (κ3) is 3.65. The van der Waals surface area contributed by atoms with E-state index in [0.717, 1.165) is 5.69 Å². The Morgan fingerprint density at radius 2 is 2.00 bits per heavy atom. The monoisotopic (exact) mass is 304 g/mol. The molecule has 0 aliphatic carbocycles. The molecule has 1 fully saturated rings. The van der Waals surface area contributed by atoms with Crippen molar-refractivity contribution in [1.82, 2.24) is 5.32 Å². The smallest absolute Gasteiger partial charge is 0.249 e. The van der Waals surface area contributed by atoms with Crippen molar-refractivity contribution >= 4 is 17.5 Å². The summed E-state index contributed by atoms with van der Waals surface area (Å²) in [6.07, 6.45) is -0.0718. The van der Waals surface area contributed by atoms with Gasteiger partial charge in [-0.15, -0.1) is 0 Å². The van der Waals surface area contributed by atoms with Gasteiger partial charge in [0.15, 0.2) is 0 Å². The Morgan fingerprint density at radius 1 is 1.36 bits per heavy atom. The number of benzene rings is 1. The van der Waals surface area contributed by atoms with Crippen LogP contribution in [-0.4, -0.2) is 35.1 Å². The lowest BCUT2D eigenvalue weighted by Crippen LogP contribution is -2.43. The zero-order valence-electron chi connectivity index (χ0n) is 13.3. The Balaban J connectivity index is 2.00. The second-order valence-corrected chi connectivity index (χ2v) is 6.26. The number of carbonyl (C=O) groups is 2. The van der Waals surface area contributed by atoms with Crippen molar-refractivity contribution in [2.75, 3.05) is 4.90 Å². The topological polar surface area (TPSA) is 69.6 Å². The molecular formula is C17H24N2O3. The van der Waals surface area contributed by atoms with Gasteiger partial charge in [-0.1, -0.05) is 32.0 Å². The van der Waals surface area contributed by atoms with Gasteiger partial charge < -0.3 is 15.3 Å². The van der Waals surface area contributed by atoms with Crippen molar-refractivity contribution in [3.8, 4) is 0 Å². The molecule has 3 unspecified atom stereocenters. The standard InChI is InChI=1S/C17H24N2O3/c1-11(2)15(20)10-16(21)18-14-9-12(3)19(17(14)22)13-7-5-4-6-8-13/h4-8,11-12,14-15,20H,9-10H2,1-3H3,(H,18,21). The molecule has 1 aliphatic heterocycles. The zero-order valence-corrected chi connectivity index (χ0v) is 13.3. The average molecular weight is 304 g/mol. The summed E-state index contributed by atoms with van der Waals surface area (Å²) in [6, 6.07) is 8.99. The van der Waals surface area contributed by atoms with Gasteiger partial charge in [-0.3, -0.25) is 9.59 Å². The minimum atomic E-state index is -0.681. The molecular weight excluding hydrogens is 280 g/mol. The number of hydrogen-bond acceptors (Lipinski definition) is 3. The van der Waals surface area contributed by atoms with Crippen molar-refractivity contribution in [2.45, 2.75) is 51.8 Å². The van der Waals surface area contributed by atoms with Crippen molar-refractivity contribution in [1.29, 1.82) is 0 Å². The van der Waals surface area contributed by atoms with E-state index in [2.05, 4.69) is 5.32 Å². The van der Waals surface area contributed by atoms with E-state index in [1.165, 1.54) is 0 Å². The van der Waals surface area contributed by atoms with E-state index in [0.29, 0.717) is 6.42 Å². The van der Waals surface area contributed by atoms with Crippen LogP contribution >= 0.6 is 0 Å². The van der Waals surface area contributed by atoms with Crippen molar-refractivity contribution < 1.29 is 14.7 Å². The van der Waals surface area contributed by atoms with Crippen LogP contribution in [-0.2, 0) is 9.59 Å². The van der Waals surface area contributed by atoms with Crippen LogP contribution in [0.5, 0.6) is 0 Å². The van der Waals surface area contributed by atoms with E-state index >= 15 is 0 Å². The lowest BCUT2D eigenvalue weighted by Gasteiger charge is -2.21. The largest absolute Gasteiger partial charge is 0.392 e. The van der Waals surface area contributed by atoms with E-state index in [4.69, 9.17) is 0 Å². The number of rotatable bonds is 5. The Morgan fingerprint density at radius 3 is 2.59 bits per heavy atom. The third-order valence-electron chi connectivity index (χ3n) is 4.09. The second kappa shape index (κ2) is 6.92. The SMILES string of the molecule is CC(C)C(O)CC(=O)NC1CC(C)N(c2ccccc2)C1=O. The normalized spacial score (nSPS) is 23.0. The molecule has 3 atom stereocenters. The maximum Gasteiger partial charge on any atom is 0.249 e. The molecule has 1 saturated heterocycles. The molecule has 5 heteroatoms. The summed E-state index contributed by atoms with van der Waals surface area (Å²) in [7, 11) is 0. The van der Waals surface area contributed by atoms with Crippen molar-refractivity contribution in [3.63, 3.8) is 0 Å². The number of carbonyl (C=O) groups excluding carboxylic acids is 2. The quantitative estimate of drug-likeness (QED) is 0.870. The predicted octanol–water partition coefficient (Wildman–Crippen LogP) is 1.70. The van der Waals surface area contributed by atoms with Gasteiger partial charge >= 0.3 is 0 Å². The van der Waals surface area contributed by atoms with Crippen LogP contribution in [0.2, 0.25) is 0 Å². The first kappa shape index (κ1) is 16.5. The summed E-state index contributed by atoms with van der Waals surface area (Å²) in [5, 5.41) is 12.5. The minimum Gasteiger partial charge on any atom is -0.392 e. The molecule has 0 radical (unpaired) electrons. The van der Waals surface area contributed by atoms with Gasteiger partial charge in [0.2, 0.25) is 11.8 Å².